The molecule has 0 radical (unpaired) electrons. The van der Waals surface area contributed by atoms with Crippen molar-refractivity contribution in [3.63, 3.8) is 0 Å². The molecule has 2 nitrogen and oxygen atoms in total. The summed E-state index contributed by atoms with van der Waals surface area (Å²) in [5.41, 5.74) is 0. The predicted molar refractivity (Wildman–Crippen MR) is 136 cm³/mol. The molecular weight excluding hydrogens is 436 g/mol. The Morgan fingerprint density at radius 2 is 1.03 bits per heavy atom. The molecule has 0 aromatic carbocycles. The largest absolute Gasteiger partial charge is 0.353 e. The molecule has 3 heteroatoms. The van der Waals surface area contributed by atoms with E-state index in [0.29, 0.717) is 0 Å². The van der Waals surface area contributed by atoms with E-state index < -0.39 is 0 Å². The van der Waals surface area contributed by atoms with E-state index in [0.717, 1.165) is 44.2 Å². The summed E-state index contributed by atoms with van der Waals surface area (Å²) in [5.74, 6) is 6.56. The van der Waals surface area contributed by atoms with Crippen LogP contribution in [0.5, 0.6) is 0 Å². The minimum absolute atomic E-state index is 0.00120. The molecule has 0 rings (SSSR count). The van der Waals surface area contributed by atoms with Crippen molar-refractivity contribution in [1.29, 1.82) is 0 Å². The topological polar surface area (TPSA) is 18.5 Å². The van der Waals surface area contributed by atoms with Crippen molar-refractivity contribution in [2.75, 3.05) is 18.5 Å². The number of alkyl halides is 1. The van der Waals surface area contributed by atoms with E-state index in [2.05, 4.69) is 41.6 Å². The fourth-order valence-corrected chi connectivity index (χ4v) is 3.72. The van der Waals surface area contributed by atoms with Crippen LogP contribution in [0.25, 0.3) is 0 Å². The van der Waals surface area contributed by atoms with Crippen LogP contribution >= 0.6 is 15.9 Å². The third-order valence-corrected chi connectivity index (χ3v) is 5.97. The van der Waals surface area contributed by atoms with E-state index in [1.54, 1.807) is 0 Å². The van der Waals surface area contributed by atoms with Gasteiger partial charge in [0.15, 0.2) is 6.29 Å². The highest BCUT2D eigenvalue weighted by molar-refractivity contribution is 9.09. The van der Waals surface area contributed by atoms with E-state index in [-0.39, 0.29) is 6.29 Å². The fraction of sp³-hybridized carbons (Fsp3) is 0.926. The van der Waals surface area contributed by atoms with Gasteiger partial charge in [-0.2, -0.15) is 0 Å². The van der Waals surface area contributed by atoms with Crippen LogP contribution in [-0.4, -0.2) is 24.8 Å². The van der Waals surface area contributed by atoms with Gasteiger partial charge in [0.2, 0.25) is 0 Å². The SMILES string of the molecule is CCCCCCCCOC(CCCCCC#CCCCBr)OCCCCCCCC. The van der Waals surface area contributed by atoms with Crippen LogP contribution in [0.2, 0.25) is 0 Å². The molecule has 0 bridgehead atoms. The van der Waals surface area contributed by atoms with Crippen LogP contribution in [0.4, 0.5) is 0 Å². The number of hydrogen-bond donors (Lipinski definition) is 0. The number of ether oxygens (including phenoxy) is 2. The summed E-state index contributed by atoms with van der Waals surface area (Å²) in [6.07, 6.45) is 23.5. The molecular formula is C27H51BrO2. The lowest BCUT2D eigenvalue weighted by Gasteiger charge is -2.19. The zero-order valence-electron chi connectivity index (χ0n) is 20.3. The second-order valence-corrected chi connectivity index (χ2v) is 9.25. The van der Waals surface area contributed by atoms with E-state index in [4.69, 9.17) is 9.47 Å². The molecule has 0 aliphatic carbocycles. The van der Waals surface area contributed by atoms with Crippen molar-refractivity contribution in [3.05, 3.63) is 0 Å². The van der Waals surface area contributed by atoms with Gasteiger partial charge in [0.1, 0.15) is 0 Å². The van der Waals surface area contributed by atoms with E-state index in [9.17, 15) is 0 Å². The van der Waals surface area contributed by atoms with Gasteiger partial charge < -0.3 is 9.47 Å². The summed E-state index contributed by atoms with van der Waals surface area (Å²) in [4.78, 5) is 0. The molecule has 0 aliphatic heterocycles. The number of unbranched alkanes of at least 4 members (excludes halogenated alkanes) is 14. The van der Waals surface area contributed by atoms with E-state index in [1.165, 1.54) is 96.3 Å². The molecule has 0 fully saturated rings. The molecule has 0 atom stereocenters. The highest BCUT2D eigenvalue weighted by Crippen LogP contribution is 2.13. The zero-order valence-corrected chi connectivity index (χ0v) is 21.9. The van der Waals surface area contributed by atoms with Gasteiger partial charge in [-0.1, -0.05) is 100 Å². The lowest BCUT2D eigenvalue weighted by atomic mass is 10.1. The zero-order chi connectivity index (χ0) is 22.0. The van der Waals surface area contributed by atoms with Crippen molar-refractivity contribution in [2.45, 2.75) is 142 Å². The summed E-state index contributed by atoms with van der Waals surface area (Å²) in [6, 6.07) is 0. The van der Waals surface area contributed by atoms with Crippen molar-refractivity contribution in [2.24, 2.45) is 0 Å². The predicted octanol–water partition coefficient (Wildman–Crippen LogP) is 9.20. The maximum absolute atomic E-state index is 6.11. The minimum atomic E-state index is 0.00120. The van der Waals surface area contributed by atoms with Crippen molar-refractivity contribution >= 4 is 15.9 Å². The first kappa shape index (κ1) is 30.0. The Balaban J connectivity index is 3.88. The van der Waals surface area contributed by atoms with E-state index >= 15 is 0 Å². The van der Waals surface area contributed by atoms with Crippen molar-refractivity contribution in [3.8, 4) is 11.8 Å². The Morgan fingerprint density at radius 1 is 0.567 bits per heavy atom. The van der Waals surface area contributed by atoms with Gasteiger partial charge in [-0.3, -0.25) is 0 Å². The molecule has 0 saturated carbocycles. The van der Waals surface area contributed by atoms with Crippen LogP contribution in [0.3, 0.4) is 0 Å². The molecule has 0 heterocycles. The second-order valence-electron chi connectivity index (χ2n) is 8.45. The van der Waals surface area contributed by atoms with Crippen LogP contribution in [0.1, 0.15) is 136 Å². The van der Waals surface area contributed by atoms with Crippen LogP contribution in [0.15, 0.2) is 0 Å². The first-order chi connectivity index (χ1) is 14.8. The number of rotatable bonds is 23. The van der Waals surface area contributed by atoms with Crippen LogP contribution in [0, 0.1) is 11.8 Å². The Hall–Kier alpha value is -0.0400. The molecule has 178 valence electrons. The Bertz CT molecular complexity index is 357. The highest BCUT2D eigenvalue weighted by atomic mass is 79.9. The summed E-state index contributed by atoms with van der Waals surface area (Å²) >= 11 is 3.45. The highest BCUT2D eigenvalue weighted by Gasteiger charge is 2.09. The average molecular weight is 488 g/mol. The van der Waals surface area contributed by atoms with Crippen LogP contribution < -0.4 is 0 Å². The first-order valence-electron chi connectivity index (χ1n) is 13.1. The molecule has 0 aromatic rings. The number of halogens is 1. The Morgan fingerprint density at radius 3 is 1.57 bits per heavy atom. The van der Waals surface area contributed by atoms with Crippen LogP contribution in [-0.2, 0) is 9.47 Å². The van der Waals surface area contributed by atoms with Gasteiger partial charge in [0.05, 0.1) is 0 Å². The van der Waals surface area contributed by atoms with Gasteiger partial charge in [-0.25, -0.2) is 0 Å². The third-order valence-electron chi connectivity index (χ3n) is 5.41. The van der Waals surface area contributed by atoms with Gasteiger partial charge in [-0.05, 0) is 38.5 Å². The molecule has 0 spiro atoms. The average Bonchev–Trinajstić information content (AvgIpc) is 2.76. The molecule has 30 heavy (non-hydrogen) atoms. The second kappa shape index (κ2) is 27.0. The monoisotopic (exact) mass is 486 g/mol. The van der Waals surface area contributed by atoms with Gasteiger partial charge in [-0.15, -0.1) is 11.8 Å². The smallest absolute Gasteiger partial charge is 0.157 e. The van der Waals surface area contributed by atoms with Crippen molar-refractivity contribution in [1.82, 2.24) is 0 Å². The summed E-state index contributed by atoms with van der Waals surface area (Å²) in [7, 11) is 0. The Labute approximate surface area is 197 Å². The molecule has 0 amide bonds. The molecule has 0 aliphatic rings. The summed E-state index contributed by atoms with van der Waals surface area (Å²) in [5, 5.41) is 1.06. The summed E-state index contributed by atoms with van der Waals surface area (Å²) in [6.45, 7) is 6.25. The summed E-state index contributed by atoms with van der Waals surface area (Å²) < 4.78 is 12.2. The lowest BCUT2D eigenvalue weighted by Crippen LogP contribution is -2.19. The minimum Gasteiger partial charge on any atom is -0.353 e. The molecule has 0 unspecified atom stereocenters. The quantitative estimate of drug-likeness (QED) is 0.0619. The Kier molecular flexibility index (Phi) is 27.0. The fourth-order valence-electron chi connectivity index (χ4n) is 3.44. The van der Waals surface area contributed by atoms with Gasteiger partial charge in [0, 0.05) is 31.4 Å². The maximum Gasteiger partial charge on any atom is 0.157 e. The molecule has 0 saturated heterocycles. The first-order valence-corrected chi connectivity index (χ1v) is 14.2. The van der Waals surface area contributed by atoms with Gasteiger partial charge >= 0.3 is 0 Å². The lowest BCUT2D eigenvalue weighted by molar-refractivity contribution is -0.148. The standard InChI is InChI=1S/C27H51BrO2/c1-3-5-7-9-17-21-25-29-27(30-26-22-18-10-8-6-4-2)23-19-15-13-11-12-14-16-20-24-28/h27H,3-11,13,15-26H2,1-2H3. The number of hydrogen-bond acceptors (Lipinski definition) is 2. The van der Waals surface area contributed by atoms with Crippen molar-refractivity contribution < 1.29 is 9.47 Å². The maximum atomic E-state index is 6.11. The van der Waals surface area contributed by atoms with E-state index in [1.807, 2.05) is 0 Å². The normalized spacial score (nSPS) is 11.1. The molecule has 0 N–H and O–H groups in total. The third kappa shape index (κ3) is 24.2. The van der Waals surface area contributed by atoms with Gasteiger partial charge in [0.25, 0.3) is 0 Å². The molecule has 0 aromatic heterocycles.